The molecule has 0 aliphatic rings. The molecule has 0 unspecified atom stereocenters. The van der Waals surface area contributed by atoms with Gasteiger partial charge in [-0.1, -0.05) is 0 Å². The number of amides is 1. The van der Waals surface area contributed by atoms with E-state index >= 15 is 0 Å². The summed E-state index contributed by atoms with van der Waals surface area (Å²) < 4.78 is 15.3. The lowest BCUT2D eigenvalue weighted by Gasteiger charge is -2.16. The second-order valence-electron chi connectivity index (χ2n) is 4.07. The second-order valence-corrected chi connectivity index (χ2v) is 4.07. The van der Waals surface area contributed by atoms with Crippen molar-refractivity contribution in [3.63, 3.8) is 0 Å². The summed E-state index contributed by atoms with van der Waals surface area (Å²) in [6, 6.07) is 5.90. The Kier molecular flexibility index (Phi) is 3.91. The number of aliphatic hydroxyl groups is 1. The van der Waals surface area contributed by atoms with E-state index in [1.165, 1.54) is 27.8 Å². The molecule has 0 spiro atoms. The molecule has 1 aromatic carbocycles. The van der Waals surface area contributed by atoms with Gasteiger partial charge in [0.05, 0.1) is 6.61 Å². The van der Waals surface area contributed by atoms with E-state index in [1.807, 2.05) is 0 Å². The van der Waals surface area contributed by atoms with Crippen molar-refractivity contribution >= 4 is 5.91 Å². The van der Waals surface area contributed by atoms with Crippen molar-refractivity contribution in [2.24, 2.45) is 0 Å². The van der Waals surface area contributed by atoms with Crippen molar-refractivity contribution in [1.82, 2.24) is 14.7 Å². The van der Waals surface area contributed by atoms with Gasteiger partial charge in [-0.25, -0.2) is 9.07 Å². The summed E-state index contributed by atoms with van der Waals surface area (Å²) in [6.45, 7) is 0.0808. The number of halogens is 1. The molecule has 5 nitrogen and oxygen atoms in total. The van der Waals surface area contributed by atoms with Crippen molar-refractivity contribution in [2.45, 2.75) is 0 Å². The fourth-order valence-corrected chi connectivity index (χ4v) is 1.71. The van der Waals surface area contributed by atoms with Gasteiger partial charge in [0, 0.05) is 31.5 Å². The fourth-order valence-electron chi connectivity index (χ4n) is 1.71. The first kappa shape index (κ1) is 13.2. The van der Waals surface area contributed by atoms with Crippen LogP contribution in [0, 0.1) is 5.82 Å². The molecule has 100 valence electrons. The van der Waals surface area contributed by atoms with Crippen LogP contribution in [0.15, 0.2) is 36.7 Å². The third kappa shape index (κ3) is 2.79. The molecule has 6 heteroatoms. The van der Waals surface area contributed by atoms with Crippen LogP contribution in [0.2, 0.25) is 0 Å². The highest BCUT2D eigenvalue weighted by atomic mass is 19.1. The molecule has 0 aliphatic heterocycles. The molecule has 1 amide bonds. The monoisotopic (exact) mass is 263 g/mol. The molecular formula is C13H14FN3O2. The molecule has 19 heavy (non-hydrogen) atoms. The highest BCUT2D eigenvalue weighted by Gasteiger charge is 2.14. The molecule has 2 rings (SSSR count). The molecule has 0 saturated carbocycles. The number of hydrogen-bond donors (Lipinski definition) is 1. The number of likely N-dealkylation sites (N-methyl/N-ethyl adjacent to an activating group) is 1. The third-order valence-electron chi connectivity index (χ3n) is 2.73. The Balaban J connectivity index is 2.26. The molecule has 0 saturated heterocycles. The van der Waals surface area contributed by atoms with Gasteiger partial charge in [0.15, 0.2) is 0 Å². The van der Waals surface area contributed by atoms with Gasteiger partial charge in [-0.2, -0.15) is 5.10 Å². The normalized spacial score (nSPS) is 10.5. The average molecular weight is 263 g/mol. The van der Waals surface area contributed by atoms with E-state index in [-0.39, 0.29) is 30.3 Å². The number of aromatic nitrogens is 2. The van der Waals surface area contributed by atoms with Gasteiger partial charge in [-0.15, -0.1) is 0 Å². The van der Waals surface area contributed by atoms with Crippen LogP contribution >= 0.6 is 0 Å². The molecule has 1 heterocycles. The maximum atomic E-state index is 13.9. The van der Waals surface area contributed by atoms with Crippen molar-refractivity contribution in [3.05, 3.63) is 48.0 Å². The van der Waals surface area contributed by atoms with E-state index in [4.69, 9.17) is 5.11 Å². The highest BCUT2D eigenvalue weighted by Crippen LogP contribution is 2.15. The molecule has 0 bridgehead atoms. The summed E-state index contributed by atoms with van der Waals surface area (Å²) in [6.07, 6.45) is 3.17. The van der Waals surface area contributed by atoms with Gasteiger partial charge in [-0.3, -0.25) is 4.79 Å². The predicted molar refractivity (Wildman–Crippen MR) is 67.6 cm³/mol. The zero-order chi connectivity index (χ0) is 13.8. The molecular weight excluding hydrogens is 249 g/mol. The molecule has 2 aromatic rings. The number of carbonyl (C=O) groups is 1. The summed E-state index contributed by atoms with van der Waals surface area (Å²) >= 11 is 0. The zero-order valence-corrected chi connectivity index (χ0v) is 10.5. The van der Waals surface area contributed by atoms with Gasteiger partial charge in [0.25, 0.3) is 5.91 Å². The summed E-state index contributed by atoms with van der Waals surface area (Å²) in [4.78, 5) is 13.2. The first-order valence-electron chi connectivity index (χ1n) is 5.79. The number of hydrogen-bond acceptors (Lipinski definition) is 3. The summed E-state index contributed by atoms with van der Waals surface area (Å²) in [5.74, 6) is -0.855. The average Bonchev–Trinajstić information content (AvgIpc) is 2.91. The summed E-state index contributed by atoms with van der Waals surface area (Å²) in [5, 5.41) is 12.7. The Morgan fingerprint density at radius 2 is 2.32 bits per heavy atom. The van der Waals surface area contributed by atoms with E-state index in [2.05, 4.69) is 5.10 Å². The van der Waals surface area contributed by atoms with Gasteiger partial charge >= 0.3 is 0 Å². The highest BCUT2D eigenvalue weighted by molar-refractivity contribution is 5.94. The molecule has 0 radical (unpaired) electrons. The third-order valence-corrected chi connectivity index (χ3v) is 2.73. The maximum Gasteiger partial charge on any atom is 0.253 e. The first-order chi connectivity index (χ1) is 9.13. The first-order valence-corrected chi connectivity index (χ1v) is 5.79. The number of carbonyl (C=O) groups excluding carboxylic acids is 1. The fraction of sp³-hybridized carbons (Fsp3) is 0.231. The van der Waals surface area contributed by atoms with Crippen LogP contribution in [0.4, 0.5) is 4.39 Å². The van der Waals surface area contributed by atoms with Crippen LogP contribution in [0.3, 0.4) is 0 Å². The minimum absolute atomic E-state index is 0.129. The van der Waals surface area contributed by atoms with Gasteiger partial charge in [0.1, 0.15) is 11.5 Å². The SMILES string of the molecule is CN(CCO)C(=O)c1ccc(-n2cccn2)c(F)c1. The Morgan fingerprint density at radius 1 is 1.53 bits per heavy atom. The molecule has 1 aromatic heterocycles. The smallest absolute Gasteiger partial charge is 0.253 e. The molecule has 0 fully saturated rings. The molecule has 0 atom stereocenters. The second kappa shape index (κ2) is 5.62. The van der Waals surface area contributed by atoms with Crippen molar-refractivity contribution in [3.8, 4) is 5.69 Å². The Bertz CT molecular complexity index is 569. The Morgan fingerprint density at radius 3 is 2.89 bits per heavy atom. The number of aliphatic hydroxyl groups excluding tert-OH is 1. The lowest BCUT2D eigenvalue weighted by Crippen LogP contribution is -2.29. The Hall–Kier alpha value is -2.21. The van der Waals surface area contributed by atoms with E-state index in [9.17, 15) is 9.18 Å². The maximum absolute atomic E-state index is 13.9. The lowest BCUT2D eigenvalue weighted by molar-refractivity contribution is 0.0766. The number of nitrogens with zero attached hydrogens (tertiary/aromatic N) is 3. The van der Waals surface area contributed by atoms with Crippen LogP contribution in [-0.2, 0) is 0 Å². The van der Waals surface area contributed by atoms with Crippen LogP contribution in [0.25, 0.3) is 5.69 Å². The predicted octanol–water partition coefficient (Wildman–Crippen LogP) is 1.08. The minimum atomic E-state index is -0.521. The van der Waals surface area contributed by atoms with Crippen LogP contribution in [0.5, 0.6) is 0 Å². The molecule has 1 N–H and O–H groups in total. The lowest BCUT2D eigenvalue weighted by atomic mass is 10.1. The largest absolute Gasteiger partial charge is 0.395 e. The summed E-state index contributed by atoms with van der Waals surface area (Å²) in [7, 11) is 1.55. The minimum Gasteiger partial charge on any atom is -0.395 e. The van der Waals surface area contributed by atoms with E-state index < -0.39 is 5.82 Å². The Labute approximate surface area is 109 Å². The van der Waals surface area contributed by atoms with Crippen LogP contribution in [0.1, 0.15) is 10.4 Å². The van der Waals surface area contributed by atoms with Crippen molar-refractivity contribution in [1.29, 1.82) is 0 Å². The van der Waals surface area contributed by atoms with Gasteiger partial charge in [0.2, 0.25) is 0 Å². The van der Waals surface area contributed by atoms with Gasteiger partial charge < -0.3 is 10.0 Å². The van der Waals surface area contributed by atoms with Crippen LogP contribution in [-0.4, -0.2) is 45.9 Å². The standard InChI is InChI=1S/C13H14FN3O2/c1-16(7-8-18)13(19)10-3-4-12(11(14)9-10)17-6-2-5-15-17/h2-6,9,18H,7-8H2,1H3. The topological polar surface area (TPSA) is 58.4 Å². The number of benzene rings is 1. The summed E-state index contributed by atoms with van der Waals surface area (Å²) in [5.41, 5.74) is 0.524. The van der Waals surface area contributed by atoms with Crippen molar-refractivity contribution in [2.75, 3.05) is 20.2 Å². The van der Waals surface area contributed by atoms with Crippen LogP contribution < -0.4 is 0 Å². The zero-order valence-electron chi connectivity index (χ0n) is 10.5. The molecule has 0 aliphatic carbocycles. The van der Waals surface area contributed by atoms with E-state index in [1.54, 1.807) is 25.5 Å². The van der Waals surface area contributed by atoms with E-state index in [0.717, 1.165) is 0 Å². The van der Waals surface area contributed by atoms with Crippen molar-refractivity contribution < 1.29 is 14.3 Å². The van der Waals surface area contributed by atoms with E-state index in [0.29, 0.717) is 0 Å². The number of rotatable bonds is 4. The quantitative estimate of drug-likeness (QED) is 0.897. The van der Waals surface area contributed by atoms with Gasteiger partial charge in [-0.05, 0) is 24.3 Å².